The van der Waals surface area contributed by atoms with Crippen molar-refractivity contribution in [1.29, 1.82) is 0 Å². The minimum atomic E-state index is 0.0166. The Bertz CT molecular complexity index is 1350. The molecule has 2 heterocycles. The Morgan fingerprint density at radius 3 is 2.16 bits per heavy atom. The molecule has 3 aromatic carbocycles. The normalized spacial score (nSPS) is 14.2. The van der Waals surface area contributed by atoms with Gasteiger partial charge in [0.1, 0.15) is 0 Å². The molecule has 32 heavy (non-hydrogen) atoms. The molecule has 1 aliphatic heterocycles. The summed E-state index contributed by atoms with van der Waals surface area (Å²) in [6.07, 6.45) is 0. The fourth-order valence-electron chi connectivity index (χ4n) is 4.65. The first-order chi connectivity index (χ1) is 15.6. The standard InChI is InChI=1S/C27H26N2O3/c1-3-29-24-10-8-19(26(30)21-7-5-4-6-18(21)2)16-22(24)23-17-20(9-11-25(23)29)27(31)28-12-14-32-15-13-28/h4-11,16-17H,3,12-15H2,1-2H3. The van der Waals surface area contributed by atoms with Crippen LogP contribution < -0.4 is 0 Å². The highest BCUT2D eigenvalue weighted by Gasteiger charge is 2.21. The molecule has 0 N–H and O–H groups in total. The fourth-order valence-corrected chi connectivity index (χ4v) is 4.65. The molecule has 0 spiro atoms. The van der Waals surface area contributed by atoms with E-state index in [2.05, 4.69) is 11.5 Å². The van der Waals surface area contributed by atoms with E-state index in [4.69, 9.17) is 4.74 Å². The monoisotopic (exact) mass is 426 g/mol. The van der Waals surface area contributed by atoms with Gasteiger partial charge < -0.3 is 14.2 Å². The number of ketones is 1. The molecule has 0 unspecified atom stereocenters. The molecule has 1 saturated heterocycles. The van der Waals surface area contributed by atoms with Crippen molar-refractivity contribution in [1.82, 2.24) is 9.47 Å². The first-order valence-corrected chi connectivity index (χ1v) is 11.1. The van der Waals surface area contributed by atoms with Gasteiger partial charge in [0.25, 0.3) is 5.91 Å². The van der Waals surface area contributed by atoms with Crippen molar-refractivity contribution in [2.45, 2.75) is 20.4 Å². The van der Waals surface area contributed by atoms with E-state index in [1.807, 2.05) is 72.5 Å². The molecular weight excluding hydrogens is 400 g/mol. The van der Waals surface area contributed by atoms with Gasteiger partial charge in [-0.25, -0.2) is 0 Å². The average molecular weight is 427 g/mol. The molecule has 5 nitrogen and oxygen atoms in total. The molecule has 0 atom stereocenters. The smallest absolute Gasteiger partial charge is 0.254 e. The lowest BCUT2D eigenvalue weighted by Gasteiger charge is -2.26. The Labute approximate surface area is 187 Å². The lowest BCUT2D eigenvalue weighted by molar-refractivity contribution is 0.0303. The van der Waals surface area contributed by atoms with E-state index in [-0.39, 0.29) is 11.7 Å². The van der Waals surface area contributed by atoms with Crippen molar-refractivity contribution in [2.24, 2.45) is 0 Å². The van der Waals surface area contributed by atoms with Crippen LogP contribution in [0.2, 0.25) is 0 Å². The fraction of sp³-hybridized carbons (Fsp3) is 0.259. The molecule has 0 saturated carbocycles. The maximum atomic E-state index is 13.2. The highest BCUT2D eigenvalue weighted by molar-refractivity contribution is 6.16. The van der Waals surface area contributed by atoms with Gasteiger partial charge in [0.05, 0.1) is 13.2 Å². The molecule has 1 aromatic heterocycles. The van der Waals surface area contributed by atoms with Crippen LogP contribution in [0, 0.1) is 6.92 Å². The number of fused-ring (bicyclic) bond motifs is 3. The van der Waals surface area contributed by atoms with Crippen LogP contribution in [0.1, 0.15) is 38.8 Å². The van der Waals surface area contributed by atoms with Gasteiger partial charge in [-0.3, -0.25) is 9.59 Å². The van der Waals surface area contributed by atoms with Gasteiger partial charge in [-0.1, -0.05) is 24.3 Å². The van der Waals surface area contributed by atoms with Crippen molar-refractivity contribution < 1.29 is 14.3 Å². The van der Waals surface area contributed by atoms with Gasteiger partial charge in [-0.15, -0.1) is 0 Å². The van der Waals surface area contributed by atoms with Gasteiger partial charge in [-0.2, -0.15) is 0 Å². The van der Waals surface area contributed by atoms with Gasteiger partial charge in [-0.05, 0) is 55.8 Å². The number of hydrogen-bond acceptors (Lipinski definition) is 3. The molecule has 1 amide bonds. The molecule has 1 fully saturated rings. The Kier molecular flexibility index (Phi) is 5.27. The number of carbonyl (C=O) groups is 2. The maximum absolute atomic E-state index is 13.2. The zero-order valence-corrected chi connectivity index (χ0v) is 18.4. The van der Waals surface area contributed by atoms with E-state index in [1.54, 1.807) is 0 Å². The first kappa shape index (κ1) is 20.5. The van der Waals surface area contributed by atoms with Crippen LogP contribution in [0.25, 0.3) is 21.8 Å². The number of carbonyl (C=O) groups excluding carboxylic acids is 2. The van der Waals surface area contributed by atoms with Crippen LogP contribution in [-0.2, 0) is 11.3 Å². The van der Waals surface area contributed by atoms with Gasteiger partial charge in [0.2, 0.25) is 0 Å². The number of morpholine rings is 1. The molecule has 0 bridgehead atoms. The van der Waals surface area contributed by atoms with Crippen molar-refractivity contribution in [3.05, 3.63) is 82.9 Å². The number of benzene rings is 3. The maximum Gasteiger partial charge on any atom is 0.254 e. The molecular formula is C27H26N2O3. The largest absolute Gasteiger partial charge is 0.378 e. The van der Waals surface area contributed by atoms with E-state index >= 15 is 0 Å². The zero-order chi connectivity index (χ0) is 22.2. The molecule has 162 valence electrons. The minimum Gasteiger partial charge on any atom is -0.378 e. The third kappa shape index (κ3) is 3.39. The topological polar surface area (TPSA) is 51.5 Å². The number of ether oxygens (including phenoxy) is 1. The second kappa shape index (κ2) is 8.24. The third-order valence-electron chi connectivity index (χ3n) is 6.38. The van der Waals surface area contributed by atoms with E-state index in [9.17, 15) is 9.59 Å². The van der Waals surface area contributed by atoms with Crippen LogP contribution in [0.4, 0.5) is 0 Å². The Balaban J connectivity index is 1.63. The van der Waals surface area contributed by atoms with Gasteiger partial charge in [0.15, 0.2) is 5.78 Å². The molecule has 5 heteroatoms. The van der Waals surface area contributed by atoms with Crippen molar-refractivity contribution in [3.63, 3.8) is 0 Å². The van der Waals surface area contributed by atoms with Crippen LogP contribution >= 0.6 is 0 Å². The lowest BCUT2D eigenvalue weighted by atomic mass is 9.97. The SMILES string of the molecule is CCn1c2ccc(C(=O)c3ccccc3C)cc2c2cc(C(=O)N3CCOCC3)ccc21. The summed E-state index contributed by atoms with van der Waals surface area (Å²) in [5.74, 6) is 0.0442. The molecule has 5 rings (SSSR count). The Hall–Kier alpha value is -3.44. The van der Waals surface area contributed by atoms with E-state index in [0.717, 1.165) is 33.9 Å². The number of aryl methyl sites for hydroxylation is 2. The van der Waals surface area contributed by atoms with Crippen LogP contribution in [0.5, 0.6) is 0 Å². The van der Waals surface area contributed by atoms with Crippen molar-refractivity contribution in [2.75, 3.05) is 26.3 Å². The number of nitrogens with zero attached hydrogens (tertiary/aromatic N) is 2. The quantitative estimate of drug-likeness (QED) is 0.440. The molecule has 0 radical (unpaired) electrons. The predicted octanol–water partition coefficient (Wildman–Crippen LogP) is 4.83. The first-order valence-electron chi connectivity index (χ1n) is 11.1. The van der Waals surface area contributed by atoms with Crippen LogP contribution in [-0.4, -0.2) is 47.5 Å². The summed E-state index contributed by atoms with van der Waals surface area (Å²) in [5, 5.41) is 2.00. The Morgan fingerprint density at radius 1 is 0.875 bits per heavy atom. The summed E-state index contributed by atoms with van der Waals surface area (Å²) in [4.78, 5) is 28.1. The third-order valence-corrected chi connectivity index (χ3v) is 6.38. The van der Waals surface area contributed by atoms with E-state index in [1.165, 1.54) is 0 Å². The van der Waals surface area contributed by atoms with Gasteiger partial charge >= 0.3 is 0 Å². The summed E-state index contributed by atoms with van der Waals surface area (Å²) in [7, 11) is 0. The second-order valence-corrected chi connectivity index (χ2v) is 8.26. The highest BCUT2D eigenvalue weighted by Crippen LogP contribution is 2.32. The molecule has 4 aromatic rings. The summed E-state index contributed by atoms with van der Waals surface area (Å²) in [6.45, 7) is 7.25. The summed E-state index contributed by atoms with van der Waals surface area (Å²) >= 11 is 0. The number of rotatable bonds is 4. The van der Waals surface area contributed by atoms with E-state index in [0.29, 0.717) is 43.0 Å². The van der Waals surface area contributed by atoms with E-state index < -0.39 is 0 Å². The highest BCUT2D eigenvalue weighted by atomic mass is 16.5. The second-order valence-electron chi connectivity index (χ2n) is 8.26. The predicted molar refractivity (Wildman–Crippen MR) is 126 cm³/mol. The van der Waals surface area contributed by atoms with Crippen LogP contribution in [0.3, 0.4) is 0 Å². The lowest BCUT2D eigenvalue weighted by Crippen LogP contribution is -2.40. The number of hydrogen-bond donors (Lipinski definition) is 0. The van der Waals surface area contributed by atoms with Crippen LogP contribution in [0.15, 0.2) is 60.7 Å². The summed E-state index contributed by atoms with van der Waals surface area (Å²) in [6, 6.07) is 19.5. The minimum absolute atomic E-state index is 0.0166. The average Bonchev–Trinajstić information content (AvgIpc) is 3.16. The molecule has 1 aliphatic rings. The zero-order valence-electron chi connectivity index (χ0n) is 18.4. The Morgan fingerprint density at radius 2 is 1.50 bits per heavy atom. The summed E-state index contributed by atoms with van der Waals surface area (Å²) < 4.78 is 7.61. The van der Waals surface area contributed by atoms with Crippen molar-refractivity contribution >= 4 is 33.5 Å². The summed E-state index contributed by atoms with van der Waals surface area (Å²) in [5.41, 5.74) is 5.15. The number of amides is 1. The van der Waals surface area contributed by atoms with Gasteiger partial charge in [0, 0.05) is 58.1 Å². The number of aromatic nitrogens is 1. The molecule has 0 aliphatic carbocycles. The van der Waals surface area contributed by atoms with Crippen molar-refractivity contribution in [3.8, 4) is 0 Å².